The highest BCUT2D eigenvalue weighted by Gasteiger charge is 2.30. The van der Waals surface area contributed by atoms with Gasteiger partial charge in [0.2, 0.25) is 11.9 Å². The van der Waals surface area contributed by atoms with Gasteiger partial charge in [-0.2, -0.15) is 9.97 Å². The second kappa shape index (κ2) is 10.0. The van der Waals surface area contributed by atoms with Gasteiger partial charge in [0.25, 0.3) is 0 Å². The Labute approximate surface area is 315 Å². The average molecular weight is 717 g/mol. The van der Waals surface area contributed by atoms with Gasteiger partial charge >= 0.3 is 0 Å². The first kappa shape index (κ1) is 28.6. The molecule has 0 spiro atoms. The smallest absolute Gasteiger partial charge is 0.237 e. The van der Waals surface area contributed by atoms with E-state index >= 15 is 0 Å². The molecule has 0 fully saturated rings. The lowest BCUT2D eigenvalue weighted by molar-refractivity contribution is 0.669. The molecule has 1 aliphatic carbocycles. The molecule has 0 unspecified atom stereocenters. The Morgan fingerprint density at radius 2 is 0.768 bits per heavy atom. The molecule has 6 aromatic heterocycles. The van der Waals surface area contributed by atoms with Crippen LogP contribution in [0.3, 0.4) is 0 Å². The van der Waals surface area contributed by atoms with Gasteiger partial charge in [-0.05, 0) is 48.5 Å². The topological polar surface area (TPSA) is 87.7 Å². The molecule has 0 radical (unpaired) electrons. The minimum Gasteiger partial charge on any atom is -0.456 e. The molecule has 0 amide bonds. The van der Waals surface area contributed by atoms with E-state index in [-0.39, 0.29) is 0 Å². The summed E-state index contributed by atoms with van der Waals surface area (Å²) in [6, 6.07) is 50.1. The van der Waals surface area contributed by atoms with Crippen LogP contribution in [0.2, 0.25) is 0 Å². The molecule has 56 heavy (non-hydrogen) atoms. The van der Waals surface area contributed by atoms with Crippen LogP contribution in [-0.2, 0) is 0 Å². The fourth-order valence-electron chi connectivity index (χ4n) is 9.44. The zero-order chi connectivity index (χ0) is 36.2. The number of hydrogen-bond acceptors (Lipinski definition) is 6. The van der Waals surface area contributed by atoms with Crippen molar-refractivity contribution < 1.29 is 8.83 Å². The van der Waals surface area contributed by atoms with Crippen molar-refractivity contribution in [1.29, 1.82) is 0 Å². The van der Waals surface area contributed by atoms with Crippen molar-refractivity contribution >= 4 is 98.5 Å². The summed E-state index contributed by atoms with van der Waals surface area (Å²) in [4.78, 5) is 21.6. The van der Waals surface area contributed by atoms with Gasteiger partial charge in [-0.1, -0.05) is 97.1 Å². The second-order valence-electron chi connectivity index (χ2n) is 14.6. The molecular weight excluding hydrogens is 693 g/mol. The van der Waals surface area contributed by atoms with Crippen molar-refractivity contribution in [3.05, 3.63) is 146 Å². The number of furan rings is 2. The molecule has 0 aliphatic heterocycles. The van der Waals surface area contributed by atoms with E-state index in [9.17, 15) is 0 Å². The highest BCUT2D eigenvalue weighted by Crippen LogP contribution is 2.47. The van der Waals surface area contributed by atoms with Crippen LogP contribution >= 0.6 is 0 Å². The quantitative estimate of drug-likeness (QED) is 0.177. The van der Waals surface area contributed by atoms with Crippen molar-refractivity contribution in [3.63, 3.8) is 0 Å². The molecule has 0 bridgehead atoms. The third kappa shape index (κ3) is 3.45. The van der Waals surface area contributed by atoms with Gasteiger partial charge in [0.05, 0.1) is 49.6 Å². The average Bonchev–Trinajstić information content (AvgIpc) is 4.05. The van der Waals surface area contributed by atoms with Crippen LogP contribution in [-0.4, -0.2) is 29.1 Å². The van der Waals surface area contributed by atoms with E-state index < -0.39 is 0 Å². The number of fused-ring (bicyclic) bond motifs is 17. The van der Waals surface area contributed by atoms with Gasteiger partial charge < -0.3 is 8.83 Å². The van der Waals surface area contributed by atoms with E-state index in [4.69, 9.17) is 28.8 Å². The van der Waals surface area contributed by atoms with Gasteiger partial charge in [-0.3, -0.25) is 9.13 Å². The van der Waals surface area contributed by atoms with Gasteiger partial charge in [0, 0.05) is 43.4 Å². The molecule has 0 saturated heterocycles. The summed E-state index contributed by atoms with van der Waals surface area (Å²) in [5, 5.41) is 9.42. The predicted molar refractivity (Wildman–Crippen MR) is 223 cm³/mol. The fraction of sp³-hybridized carbons (Fsp3) is 0. The van der Waals surface area contributed by atoms with E-state index in [1.54, 1.807) is 0 Å². The summed E-state index contributed by atoms with van der Waals surface area (Å²) >= 11 is 0. The maximum absolute atomic E-state index is 6.41. The molecule has 8 heteroatoms. The molecule has 14 rings (SSSR count). The lowest BCUT2D eigenvalue weighted by Gasteiger charge is -2.11. The summed E-state index contributed by atoms with van der Waals surface area (Å²) < 4.78 is 17.2. The molecule has 0 saturated carbocycles. The van der Waals surface area contributed by atoms with Crippen LogP contribution in [0.5, 0.6) is 0 Å². The zero-order valence-corrected chi connectivity index (χ0v) is 29.4. The first-order valence-electron chi connectivity index (χ1n) is 18.7. The van der Waals surface area contributed by atoms with Crippen LogP contribution in [0.25, 0.3) is 133 Å². The number of nitrogens with zero attached hydrogens (tertiary/aromatic N) is 6. The van der Waals surface area contributed by atoms with E-state index in [0.717, 1.165) is 115 Å². The maximum atomic E-state index is 6.41. The molecule has 13 aromatic rings. The highest BCUT2D eigenvalue weighted by molar-refractivity contribution is 6.26. The fourth-order valence-corrected chi connectivity index (χ4v) is 9.44. The van der Waals surface area contributed by atoms with E-state index in [2.05, 4.69) is 130 Å². The third-order valence-corrected chi connectivity index (χ3v) is 11.7. The zero-order valence-electron chi connectivity index (χ0n) is 29.4. The number of aromatic nitrogens is 6. The molecule has 258 valence electrons. The van der Waals surface area contributed by atoms with Crippen molar-refractivity contribution in [1.82, 2.24) is 29.1 Å². The molecule has 0 atom stereocenters. The van der Waals surface area contributed by atoms with Crippen molar-refractivity contribution in [2.24, 2.45) is 0 Å². The van der Waals surface area contributed by atoms with Crippen LogP contribution in [0.1, 0.15) is 0 Å². The Balaban J connectivity index is 1.15. The highest BCUT2D eigenvalue weighted by atomic mass is 16.3. The SMILES string of the molecule is c1ccc2c(c1)-c1nc(-n3c4ccccc4c4ccc5oc6ccccc6c5c43)nc3nc(-n4c5ccccc5c5ccc6oc7ccccc7c6c54)nc-2c13. The molecule has 7 aromatic carbocycles. The van der Waals surface area contributed by atoms with E-state index in [1.165, 1.54) is 0 Å². The number of benzene rings is 7. The van der Waals surface area contributed by atoms with E-state index in [1.807, 2.05) is 24.3 Å². The van der Waals surface area contributed by atoms with Crippen molar-refractivity contribution in [2.75, 3.05) is 0 Å². The van der Waals surface area contributed by atoms with Crippen molar-refractivity contribution in [2.45, 2.75) is 0 Å². The Kier molecular flexibility index (Phi) is 5.12. The second-order valence-corrected chi connectivity index (χ2v) is 14.6. The number of hydrogen-bond donors (Lipinski definition) is 0. The molecule has 0 N–H and O–H groups in total. The largest absolute Gasteiger partial charge is 0.456 e. The van der Waals surface area contributed by atoms with Gasteiger partial charge in [0.1, 0.15) is 22.3 Å². The van der Waals surface area contributed by atoms with Crippen LogP contribution < -0.4 is 0 Å². The Bertz CT molecular complexity index is 3650. The van der Waals surface area contributed by atoms with Gasteiger partial charge in [-0.15, -0.1) is 0 Å². The van der Waals surface area contributed by atoms with Crippen LogP contribution in [0, 0.1) is 0 Å². The van der Waals surface area contributed by atoms with E-state index in [0.29, 0.717) is 17.5 Å². The first-order valence-corrected chi connectivity index (χ1v) is 18.7. The Morgan fingerprint density at radius 3 is 1.27 bits per heavy atom. The minimum absolute atomic E-state index is 0.536. The summed E-state index contributed by atoms with van der Waals surface area (Å²) in [5.41, 5.74) is 11.5. The predicted octanol–water partition coefficient (Wildman–Crippen LogP) is 12.1. The normalized spacial score (nSPS) is 12.6. The Hall–Kier alpha value is -7.84. The Morgan fingerprint density at radius 1 is 0.339 bits per heavy atom. The molecular formula is C48H24N6O2. The van der Waals surface area contributed by atoms with Crippen LogP contribution in [0.15, 0.2) is 154 Å². The molecule has 1 aliphatic rings. The number of rotatable bonds is 2. The lowest BCUT2D eigenvalue weighted by Crippen LogP contribution is -2.07. The first-order chi connectivity index (χ1) is 27.8. The molecule has 8 nitrogen and oxygen atoms in total. The lowest BCUT2D eigenvalue weighted by atomic mass is 10.1. The third-order valence-electron chi connectivity index (χ3n) is 11.7. The minimum atomic E-state index is 0.536. The monoisotopic (exact) mass is 716 g/mol. The summed E-state index contributed by atoms with van der Waals surface area (Å²) in [6.45, 7) is 0. The maximum Gasteiger partial charge on any atom is 0.237 e. The van der Waals surface area contributed by atoms with Gasteiger partial charge in [0.15, 0.2) is 5.65 Å². The molecule has 6 heterocycles. The van der Waals surface area contributed by atoms with Crippen LogP contribution in [0.4, 0.5) is 0 Å². The van der Waals surface area contributed by atoms with Crippen molar-refractivity contribution in [3.8, 4) is 34.4 Å². The summed E-state index contributed by atoms with van der Waals surface area (Å²) in [6.07, 6.45) is 0. The number of para-hydroxylation sites is 4. The standard InChI is InChI=1S/C48H24N6O2/c1-2-14-28-27(13-1)42-41-43(28)50-48(54-34-18-8-4-12-26(34)30-22-24-38-40(45(30)54)32-16-6-10-20-36(32)56-38)52-46(41)51-47(49-42)53-33-17-7-3-11-25(33)29-21-23-37-39(44(29)53)31-15-5-9-19-35(31)55-37/h1-24H. The summed E-state index contributed by atoms with van der Waals surface area (Å²) in [5.74, 6) is 1.07. The summed E-state index contributed by atoms with van der Waals surface area (Å²) in [7, 11) is 0. The van der Waals surface area contributed by atoms with Gasteiger partial charge in [-0.25, -0.2) is 9.97 Å².